The molecular weight excluding hydrogens is 290 g/mol. The van der Waals surface area contributed by atoms with Crippen molar-refractivity contribution in [2.45, 2.75) is 12.8 Å². The molecule has 0 aliphatic heterocycles. The van der Waals surface area contributed by atoms with Crippen LogP contribution in [0.25, 0.3) is 0 Å². The number of anilines is 1. The maximum atomic E-state index is 12.2. The van der Waals surface area contributed by atoms with Gasteiger partial charge in [0, 0.05) is 17.1 Å². The van der Waals surface area contributed by atoms with E-state index < -0.39 is 5.97 Å². The lowest BCUT2D eigenvalue weighted by molar-refractivity contribution is 0.0695. The number of carboxylic acid groups (broad SMARTS) is 1. The lowest BCUT2D eigenvalue weighted by Gasteiger charge is -2.11. The highest BCUT2D eigenvalue weighted by Gasteiger charge is 2.13. The van der Waals surface area contributed by atoms with Gasteiger partial charge in [-0.05, 0) is 42.3 Å². The molecule has 4 nitrogen and oxygen atoms in total. The molecule has 0 aliphatic rings. The van der Waals surface area contributed by atoms with Gasteiger partial charge < -0.3 is 10.4 Å². The Morgan fingerprint density at radius 1 is 1.19 bits per heavy atom. The zero-order chi connectivity index (χ0) is 15.4. The third-order valence-electron chi connectivity index (χ3n) is 3.16. The van der Waals surface area contributed by atoms with Crippen molar-refractivity contribution in [2.75, 3.05) is 5.32 Å². The van der Waals surface area contributed by atoms with Gasteiger partial charge >= 0.3 is 5.97 Å². The molecule has 0 unspecified atom stereocenters. The maximum Gasteiger partial charge on any atom is 0.336 e. The fourth-order valence-electron chi connectivity index (χ4n) is 1.99. The van der Waals surface area contributed by atoms with Crippen LogP contribution < -0.4 is 5.32 Å². The van der Waals surface area contributed by atoms with Gasteiger partial charge in [0.15, 0.2) is 0 Å². The first kappa shape index (κ1) is 15.1. The summed E-state index contributed by atoms with van der Waals surface area (Å²) < 4.78 is 0. The fraction of sp³-hybridized carbons (Fsp3) is 0.125. The summed E-state index contributed by atoms with van der Waals surface area (Å²) in [6.45, 7) is 1.66. The molecule has 108 valence electrons. The van der Waals surface area contributed by atoms with Crippen molar-refractivity contribution < 1.29 is 14.7 Å². The standard InChI is InChI=1S/C16H14ClNO3/c1-10-13(16(20)21)6-3-7-14(10)18-15(19)12-5-2-4-11(8-12)9-17/h2-8H,9H2,1H3,(H,18,19)(H,20,21). The van der Waals surface area contributed by atoms with E-state index in [1.54, 1.807) is 37.3 Å². The molecule has 0 radical (unpaired) electrons. The first-order valence-electron chi connectivity index (χ1n) is 6.32. The topological polar surface area (TPSA) is 66.4 Å². The summed E-state index contributed by atoms with van der Waals surface area (Å²) in [5.74, 6) is -0.991. The molecule has 1 amide bonds. The third kappa shape index (κ3) is 3.41. The molecule has 5 heteroatoms. The molecule has 0 bridgehead atoms. The lowest BCUT2D eigenvalue weighted by atomic mass is 10.1. The molecule has 0 spiro atoms. The summed E-state index contributed by atoms with van der Waals surface area (Å²) in [5, 5.41) is 11.8. The third-order valence-corrected chi connectivity index (χ3v) is 3.46. The van der Waals surface area contributed by atoms with Gasteiger partial charge in [0.2, 0.25) is 0 Å². The van der Waals surface area contributed by atoms with Crippen molar-refractivity contribution in [1.82, 2.24) is 0 Å². The van der Waals surface area contributed by atoms with Crippen LogP contribution in [0.1, 0.15) is 31.8 Å². The minimum Gasteiger partial charge on any atom is -0.478 e. The number of alkyl halides is 1. The van der Waals surface area contributed by atoms with Gasteiger partial charge in [0.05, 0.1) is 5.56 Å². The molecule has 2 rings (SSSR count). The highest BCUT2D eigenvalue weighted by atomic mass is 35.5. The number of hydrogen-bond donors (Lipinski definition) is 2. The van der Waals surface area contributed by atoms with E-state index in [2.05, 4.69) is 5.32 Å². The van der Waals surface area contributed by atoms with E-state index in [4.69, 9.17) is 16.7 Å². The van der Waals surface area contributed by atoms with Gasteiger partial charge in [-0.15, -0.1) is 11.6 Å². The second-order valence-electron chi connectivity index (χ2n) is 4.57. The van der Waals surface area contributed by atoms with Gasteiger partial charge in [-0.2, -0.15) is 0 Å². The number of amides is 1. The zero-order valence-electron chi connectivity index (χ0n) is 11.4. The Balaban J connectivity index is 2.27. The van der Waals surface area contributed by atoms with Crippen molar-refractivity contribution in [3.63, 3.8) is 0 Å². The molecular formula is C16H14ClNO3. The van der Waals surface area contributed by atoms with E-state index in [-0.39, 0.29) is 11.5 Å². The summed E-state index contributed by atoms with van der Waals surface area (Å²) in [6, 6.07) is 11.8. The SMILES string of the molecule is Cc1c(NC(=O)c2cccc(CCl)c2)cccc1C(=O)O. The van der Waals surface area contributed by atoms with Crippen molar-refractivity contribution in [2.24, 2.45) is 0 Å². The van der Waals surface area contributed by atoms with Crippen LogP contribution in [0.15, 0.2) is 42.5 Å². The van der Waals surface area contributed by atoms with Crippen LogP contribution in [0.3, 0.4) is 0 Å². The normalized spacial score (nSPS) is 10.2. The summed E-state index contributed by atoms with van der Waals surface area (Å²) >= 11 is 5.75. The summed E-state index contributed by atoms with van der Waals surface area (Å²) in [7, 11) is 0. The van der Waals surface area contributed by atoms with Crippen LogP contribution in [-0.4, -0.2) is 17.0 Å². The number of halogens is 1. The van der Waals surface area contributed by atoms with Crippen molar-refractivity contribution in [3.8, 4) is 0 Å². The molecule has 2 N–H and O–H groups in total. The minimum atomic E-state index is -1.02. The Hall–Kier alpha value is -2.33. The summed E-state index contributed by atoms with van der Waals surface area (Å²) in [4.78, 5) is 23.3. The quantitative estimate of drug-likeness (QED) is 0.847. The van der Waals surface area contributed by atoms with Crippen LogP contribution in [0, 0.1) is 6.92 Å². The van der Waals surface area contributed by atoms with Crippen LogP contribution in [0.5, 0.6) is 0 Å². The molecule has 21 heavy (non-hydrogen) atoms. The number of carboxylic acids is 1. The van der Waals surface area contributed by atoms with Crippen LogP contribution >= 0.6 is 11.6 Å². The second-order valence-corrected chi connectivity index (χ2v) is 4.84. The van der Waals surface area contributed by atoms with Crippen molar-refractivity contribution in [1.29, 1.82) is 0 Å². The molecule has 0 aliphatic carbocycles. The molecule has 0 heterocycles. The Morgan fingerprint density at radius 2 is 1.90 bits per heavy atom. The Bertz CT molecular complexity index is 698. The largest absolute Gasteiger partial charge is 0.478 e. The fourth-order valence-corrected chi connectivity index (χ4v) is 2.16. The smallest absolute Gasteiger partial charge is 0.336 e. The van der Waals surface area contributed by atoms with Gasteiger partial charge in [-0.1, -0.05) is 18.2 Å². The molecule has 0 atom stereocenters. The number of hydrogen-bond acceptors (Lipinski definition) is 2. The molecule has 0 fully saturated rings. The number of aromatic carboxylic acids is 1. The van der Waals surface area contributed by atoms with Gasteiger partial charge in [0.25, 0.3) is 5.91 Å². The zero-order valence-corrected chi connectivity index (χ0v) is 12.1. The highest BCUT2D eigenvalue weighted by molar-refractivity contribution is 6.17. The predicted molar refractivity (Wildman–Crippen MR) is 82.1 cm³/mol. The van der Waals surface area contributed by atoms with E-state index in [0.717, 1.165) is 5.56 Å². The van der Waals surface area contributed by atoms with Crippen molar-refractivity contribution in [3.05, 3.63) is 64.7 Å². The average molecular weight is 304 g/mol. The predicted octanol–water partition coefficient (Wildman–Crippen LogP) is 3.68. The molecule has 0 saturated heterocycles. The monoisotopic (exact) mass is 303 g/mol. The number of nitrogens with one attached hydrogen (secondary N) is 1. The van der Waals surface area contributed by atoms with E-state index in [0.29, 0.717) is 22.7 Å². The Morgan fingerprint density at radius 3 is 2.57 bits per heavy atom. The number of rotatable bonds is 4. The average Bonchev–Trinajstić information content (AvgIpc) is 2.49. The minimum absolute atomic E-state index is 0.169. The maximum absolute atomic E-state index is 12.2. The summed E-state index contributed by atoms with van der Waals surface area (Å²) in [6.07, 6.45) is 0. The first-order valence-corrected chi connectivity index (χ1v) is 6.85. The van der Waals surface area contributed by atoms with E-state index >= 15 is 0 Å². The molecule has 2 aromatic rings. The van der Waals surface area contributed by atoms with E-state index in [9.17, 15) is 9.59 Å². The molecule has 0 saturated carbocycles. The second kappa shape index (κ2) is 6.41. The summed E-state index contributed by atoms with van der Waals surface area (Å²) in [5.41, 5.74) is 2.50. The highest BCUT2D eigenvalue weighted by Crippen LogP contribution is 2.20. The molecule has 2 aromatic carbocycles. The van der Waals surface area contributed by atoms with Crippen LogP contribution in [-0.2, 0) is 5.88 Å². The Labute approximate surface area is 127 Å². The lowest BCUT2D eigenvalue weighted by Crippen LogP contribution is -2.14. The van der Waals surface area contributed by atoms with Crippen LogP contribution in [0.2, 0.25) is 0 Å². The first-order chi connectivity index (χ1) is 10.0. The molecule has 0 aromatic heterocycles. The number of carbonyl (C=O) groups is 2. The van der Waals surface area contributed by atoms with Crippen molar-refractivity contribution >= 4 is 29.2 Å². The number of carbonyl (C=O) groups excluding carboxylic acids is 1. The van der Waals surface area contributed by atoms with Gasteiger partial charge in [-0.3, -0.25) is 4.79 Å². The van der Waals surface area contributed by atoms with Gasteiger partial charge in [0.1, 0.15) is 0 Å². The van der Waals surface area contributed by atoms with Gasteiger partial charge in [-0.25, -0.2) is 4.79 Å². The number of benzene rings is 2. The van der Waals surface area contributed by atoms with E-state index in [1.807, 2.05) is 6.07 Å². The van der Waals surface area contributed by atoms with E-state index in [1.165, 1.54) is 6.07 Å². The van der Waals surface area contributed by atoms with Crippen LogP contribution in [0.4, 0.5) is 5.69 Å². The Kier molecular flexibility index (Phi) is 4.60.